The first kappa shape index (κ1) is 17.9. The second-order valence-electron chi connectivity index (χ2n) is 4.62. The van der Waals surface area contributed by atoms with Gasteiger partial charge in [0.1, 0.15) is 6.10 Å². The van der Waals surface area contributed by atoms with Crippen LogP contribution in [0.15, 0.2) is 24.3 Å². The Kier molecular flexibility index (Phi) is 6.77. The zero-order valence-corrected chi connectivity index (χ0v) is 12.4. The molecule has 122 valence electrons. The first-order valence-electron chi connectivity index (χ1n) is 6.74. The average molecular weight is 312 g/mol. The number of rotatable bonds is 7. The second kappa shape index (κ2) is 8.32. The molecule has 0 aliphatic heterocycles. The SMILES string of the molecule is CCC(=O)N[C@H](CO)[C@H](OC(C)=O)c1ccc(N(O)O)cc1. The minimum atomic E-state index is -0.891. The van der Waals surface area contributed by atoms with Crippen molar-refractivity contribution in [3.05, 3.63) is 29.8 Å². The molecule has 0 radical (unpaired) electrons. The molecule has 8 heteroatoms. The molecule has 8 nitrogen and oxygen atoms in total. The number of benzene rings is 1. The van der Waals surface area contributed by atoms with Crippen LogP contribution in [0.25, 0.3) is 0 Å². The summed E-state index contributed by atoms with van der Waals surface area (Å²) in [7, 11) is 0. The number of nitrogens with zero attached hydrogens (tertiary/aromatic N) is 1. The fourth-order valence-electron chi connectivity index (χ4n) is 1.88. The van der Waals surface area contributed by atoms with E-state index < -0.39 is 24.7 Å². The zero-order valence-electron chi connectivity index (χ0n) is 12.4. The summed E-state index contributed by atoms with van der Waals surface area (Å²) in [4.78, 5) is 22.8. The molecule has 1 aromatic carbocycles. The molecule has 0 heterocycles. The molecular weight excluding hydrogens is 292 g/mol. The van der Waals surface area contributed by atoms with Crippen molar-refractivity contribution in [2.24, 2.45) is 0 Å². The van der Waals surface area contributed by atoms with Crippen molar-refractivity contribution in [2.75, 3.05) is 11.8 Å². The van der Waals surface area contributed by atoms with Gasteiger partial charge in [-0.1, -0.05) is 19.1 Å². The molecule has 0 unspecified atom stereocenters. The maximum absolute atomic E-state index is 11.5. The Morgan fingerprint density at radius 2 is 1.86 bits per heavy atom. The van der Waals surface area contributed by atoms with Gasteiger partial charge in [-0.15, -0.1) is 5.23 Å². The van der Waals surface area contributed by atoms with Crippen LogP contribution in [-0.4, -0.2) is 40.0 Å². The first-order valence-corrected chi connectivity index (χ1v) is 6.74. The number of amides is 1. The first-order chi connectivity index (χ1) is 10.4. The highest BCUT2D eigenvalue weighted by atomic mass is 16.8. The molecule has 0 bridgehead atoms. The van der Waals surface area contributed by atoms with E-state index in [1.165, 1.54) is 31.2 Å². The van der Waals surface area contributed by atoms with Crippen molar-refractivity contribution in [2.45, 2.75) is 32.4 Å². The van der Waals surface area contributed by atoms with Crippen LogP contribution < -0.4 is 10.5 Å². The van der Waals surface area contributed by atoms with Crippen LogP contribution in [-0.2, 0) is 14.3 Å². The van der Waals surface area contributed by atoms with Gasteiger partial charge in [0, 0.05) is 13.3 Å². The summed E-state index contributed by atoms with van der Waals surface area (Å²) < 4.78 is 5.18. The number of aliphatic hydroxyl groups excluding tert-OH is 1. The number of carbonyl (C=O) groups is 2. The van der Waals surface area contributed by atoms with Gasteiger partial charge in [-0.25, -0.2) is 0 Å². The Labute approximate surface area is 127 Å². The van der Waals surface area contributed by atoms with E-state index in [-0.39, 0.29) is 23.2 Å². The lowest BCUT2D eigenvalue weighted by molar-refractivity contribution is -0.150. The van der Waals surface area contributed by atoms with Crippen molar-refractivity contribution in [1.29, 1.82) is 0 Å². The summed E-state index contributed by atoms with van der Waals surface area (Å²) in [5, 5.41) is 29.8. The van der Waals surface area contributed by atoms with Gasteiger partial charge < -0.3 is 15.2 Å². The Hall–Kier alpha value is -2.16. The Morgan fingerprint density at radius 3 is 2.27 bits per heavy atom. The van der Waals surface area contributed by atoms with Crippen LogP contribution in [0.4, 0.5) is 5.69 Å². The normalized spacial score (nSPS) is 13.1. The lowest BCUT2D eigenvalue weighted by Crippen LogP contribution is -2.43. The highest BCUT2D eigenvalue weighted by Gasteiger charge is 2.27. The molecule has 0 fully saturated rings. The summed E-state index contributed by atoms with van der Waals surface area (Å²) in [5.74, 6) is -0.853. The van der Waals surface area contributed by atoms with E-state index in [1.807, 2.05) is 0 Å². The van der Waals surface area contributed by atoms with Crippen LogP contribution in [0.3, 0.4) is 0 Å². The van der Waals surface area contributed by atoms with E-state index in [0.29, 0.717) is 5.56 Å². The average Bonchev–Trinajstić information content (AvgIpc) is 2.50. The fourth-order valence-corrected chi connectivity index (χ4v) is 1.88. The minimum absolute atomic E-state index is 0.0486. The third-order valence-corrected chi connectivity index (χ3v) is 2.98. The molecule has 22 heavy (non-hydrogen) atoms. The predicted molar refractivity (Wildman–Crippen MR) is 76.3 cm³/mol. The minimum Gasteiger partial charge on any atom is -0.455 e. The van der Waals surface area contributed by atoms with E-state index in [2.05, 4.69) is 5.32 Å². The van der Waals surface area contributed by atoms with Gasteiger partial charge in [0.15, 0.2) is 0 Å². The molecule has 1 aromatic rings. The highest BCUT2D eigenvalue weighted by molar-refractivity contribution is 5.76. The van der Waals surface area contributed by atoms with Crippen molar-refractivity contribution >= 4 is 17.6 Å². The number of ether oxygens (including phenoxy) is 1. The number of hydrogen-bond acceptors (Lipinski definition) is 7. The van der Waals surface area contributed by atoms with E-state index in [9.17, 15) is 14.7 Å². The van der Waals surface area contributed by atoms with Crippen LogP contribution in [0.2, 0.25) is 0 Å². The Balaban J connectivity index is 3.04. The second-order valence-corrected chi connectivity index (χ2v) is 4.62. The smallest absolute Gasteiger partial charge is 0.303 e. The monoisotopic (exact) mass is 312 g/mol. The topological polar surface area (TPSA) is 119 Å². The van der Waals surface area contributed by atoms with Crippen molar-refractivity contribution in [3.63, 3.8) is 0 Å². The van der Waals surface area contributed by atoms with Crippen LogP contribution in [0.1, 0.15) is 31.9 Å². The van der Waals surface area contributed by atoms with Gasteiger partial charge in [0.05, 0.1) is 18.3 Å². The summed E-state index contributed by atoms with van der Waals surface area (Å²) >= 11 is 0. The highest BCUT2D eigenvalue weighted by Crippen LogP contribution is 2.24. The summed E-state index contributed by atoms with van der Waals surface area (Å²) in [6, 6.07) is 4.98. The van der Waals surface area contributed by atoms with Gasteiger partial charge in [-0.05, 0) is 17.7 Å². The molecule has 0 aromatic heterocycles. The maximum atomic E-state index is 11.5. The van der Waals surface area contributed by atoms with Gasteiger partial charge >= 0.3 is 5.97 Å². The summed E-state index contributed by atoms with van der Waals surface area (Å²) in [6.45, 7) is 2.47. The number of nitrogens with one attached hydrogen (secondary N) is 1. The summed E-state index contributed by atoms with van der Waals surface area (Å²) in [5.41, 5.74) is 0.611. The zero-order chi connectivity index (χ0) is 16.7. The third-order valence-electron chi connectivity index (χ3n) is 2.98. The molecule has 0 saturated carbocycles. The van der Waals surface area contributed by atoms with Crippen molar-refractivity contribution < 1.29 is 29.8 Å². The van der Waals surface area contributed by atoms with Gasteiger partial charge in [-0.2, -0.15) is 0 Å². The largest absolute Gasteiger partial charge is 0.455 e. The standard InChI is InChI=1S/C14H20N2O6/c1-3-13(19)15-12(8-17)14(22-9(2)18)10-4-6-11(7-5-10)16(20)21/h4-7,12,14,17,20-21H,3,8H2,1-2H3,(H,15,19)/t12-,14-/m1/s1. The van der Waals surface area contributed by atoms with Crippen molar-refractivity contribution in [1.82, 2.24) is 5.32 Å². The van der Waals surface area contributed by atoms with Crippen LogP contribution in [0.5, 0.6) is 0 Å². The van der Waals surface area contributed by atoms with E-state index in [1.54, 1.807) is 6.92 Å². The maximum Gasteiger partial charge on any atom is 0.303 e. The fraction of sp³-hybridized carbons (Fsp3) is 0.429. The molecule has 4 N–H and O–H groups in total. The molecule has 1 amide bonds. The van der Waals surface area contributed by atoms with E-state index in [4.69, 9.17) is 15.2 Å². The Morgan fingerprint density at radius 1 is 1.27 bits per heavy atom. The molecule has 0 spiro atoms. The van der Waals surface area contributed by atoms with Crippen LogP contribution >= 0.6 is 0 Å². The molecule has 0 aliphatic rings. The van der Waals surface area contributed by atoms with Gasteiger partial charge in [0.25, 0.3) is 0 Å². The molecular formula is C14H20N2O6. The Bertz CT molecular complexity index is 503. The number of esters is 1. The van der Waals surface area contributed by atoms with Crippen molar-refractivity contribution in [3.8, 4) is 0 Å². The molecule has 2 atom stereocenters. The number of hydrogen-bond donors (Lipinski definition) is 4. The lowest BCUT2D eigenvalue weighted by Gasteiger charge is -2.26. The number of aliphatic hydroxyl groups is 1. The summed E-state index contributed by atoms with van der Waals surface area (Å²) in [6.07, 6.45) is -0.662. The molecule has 0 aliphatic carbocycles. The van der Waals surface area contributed by atoms with Gasteiger partial charge in [0.2, 0.25) is 5.91 Å². The molecule has 0 saturated heterocycles. The molecule has 1 rings (SSSR count). The predicted octanol–water partition coefficient (Wildman–Crippen LogP) is 0.763. The number of carbonyl (C=O) groups excluding carboxylic acids is 2. The third kappa shape index (κ3) is 4.99. The number of anilines is 1. The van der Waals surface area contributed by atoms with Crippen LogP contribution in [0, 0.1) is 0 Å². The van der Waals surface area contributed by atoms with Gasteiger partial charge in [-0.3, -0.25) is 20.0 Å². The van der Waals surface area contributed by atoms with E-state index >= 15 is 0 Å². The lowest BCUT2D eigenvalue weighted by atomic mass is 10.0. The quantitative estimate of drug-likeness (QED) is 0.433. The van der Waals surface area contributed by atoms with E-state index in [0.717, 1.165) is 0 Å².